The van der Waals surface area contributed by atoms with Crippen molar-refractivity contribution in [1.82, 2.24) is 0 Å². The summed E-state index contributed by atoms with van der Waals surface area (Å²) in [5.41, 5.74) is -2.97. The molecule has 0 aromatic heterocycles. The van der Waals surface area contributed by atoms with Gasteiger partial charge in [-0.25, -0.2) is 0 Å². The van der Waals surface area contributed by atoms with Gasteiger partial charge in [0.05, 0.1) is 5.97 Å². The van der Waals surface area contributed by atoms with Gasteiger partial charge in [0.1, 0.15) is 5.60 Å². The Morgan fingerprint density at radius 1 is 0.792 bits per heavy atom. The maximum absolute atomic E-state index is 10.1. The Bertz CT molecular complexity index is 369. The zero-order chi connectivity index (χ0) is 15.1. The van der Waals surface area contributed by atoms with Crippen LogP contribution in [0.3, 0.4) is 0 Å². The predicted octanol–water partition coefficient (Wildman–Crippen LogP) is -26.1. The van der Waals surface area contributed by atoms with Gasteiger partial charge in [0.2, 0.25) is 0 Å². The van der Waals surface area contributed by atoms with Gasteiger partial charge >= 0.3 is 243 Å². The van der Waals surface area contributed by atoms with Gasteiger partial charge in [-0.2, -0.15) is 7.82 Å². The molecule has 0 aromatic rings. The van der Waals surface area contributed by atoms with Crippen LogP contribution in [0, 0.1) is 0 Å². The average Bonchev–Trinajstić information content (AvgIpc) is 1.95. The molecule has 24 heavy (non-hydrogen) atoms. The molecule has 0 rings (SSSR count). The van der Waals surface area contributed by atoms with E-state index in [9.17, 15) is 29.7 Å². The largest absolute Gasteiger partial charge is 1.00 e. The number of hydrogen-bond donors (Lipinski definition) is 1. The molecule has 0 spiro atoms. The van der Waals surface area contributed by atoms with Crippen LogP contribution >= 0.6 is 7.82 Å². The van der Waals surface area contributed by atoms with Crippen molar-refractivity contribution >= 4 is 25.7 Å². The quantitative estimate of drug-likeness (QED) is 0.293. The maximum atomic E-state index is 10.1. The smallest absolute Gasteiger partial charge is 0.822 e. The number of phosphoric acid groups is 1. The van der Waals surface area contributed by atoms with E-state index in [1.807, 2.05) is 0 Å². The molecule has 0 fully saturated rings. The number of hydrogen-bond acceptors (Lipinski definition) is 11. The molecule has 0 amide bonds. The van der Waals surface area contributed by atoms with Crippen molar-refractivity contribution in [2.24, 2.45) is 0 Å². The minimum Gasteiger partial charge on any atom is -0.822 e. The number of carbonyl (C=O) groups excluding carboxylic acids is 3. The van der Waals surface area contributed by atoms with Gasteiger partial charge in [-0.05, 0) is 0 Å². The maximum Gasteiger partial charge on any atom is 1.00 e. The molecule has 0 atom stereocenters. The number of aliphatic carboxylic acids is 3. The second-order valence-electron chi connectivity index (χ2n) is 2.86. The van der Waals surface area contributed by atoms with Gasteiger partial charge in [-0.15, -0.1) is 0 Å². The summed E-state index contributed by atoms with van der Waals surface area (Å²) in [4.78, 5) is 55.6. The van der Waals surface area contributed by atoms with E-state index in [-0.39, 0.29) is 243 Å². The van der Waals surface area contributed by atoms with E-state index < -0.39 is 44.2 Å². The Hall–Kier alpha value is 6.39. The first kappa shape index (κ1) is 52.4. The molecular formula is C6H5K3Na3O11P. The normalized spacial score (nSPS) is 8.33. The SMILES string of the molecule is O=C([O-])CC(O)(CC(=O)[O-])C(=O)[O-].O=P([O-])([O-])[O-].[K+].[K+].[K+].[Na+].[Na+].[Na+]. The summed E-state index contributed by atoms with van der Waals surface area (Å²) >= 11 is 0. The second kappa shape index (κ2) is 27.4. The predicted molar refractivity (Wildman–Crippen MR) is 36.8 cm³/mol. The number of carboxylic acids is 3. The van der Waals surface area contributed by atoms with Crippen molar-refractivity contribution < 1.29 is 297 Å². The first-order valence-corrected chi connectivity index (χ1v) is 5.30. The average molecular weight is 470 g/mol. The molecule has 0 saturated heterocycles. The Balaban J connectivity index is -0.0000000347. The molecule has 11 nitrogen and oxygen atoms in total. The van der Waals surface area contributed by atoms with Gasteiger partial charge in [0.25, 0.3) is 0 Å². The van der Waals surface area contributed by atoms with Crippen molar-refractivity contribution in [2.75, 3.05) is 0 Å². The summed E-state index contributed by atoms with van der Waals surface area (Å²) in [5, 5.41) is 38.9. The zero-order valence-corrected chi connectivity index (χ0v) is 30.7. The second-order valence-corrected chi connectivity index (χ2v) is 3.76. The molecule has 0 radical (unpaired) electrons. The fourth-order valence-electron chi connectivity index (χ4n) is 0.684. The summed E-state index contributed by atoms with van der Waals surface area (Å²) in [6, 6.07) is 0. The van der Waals surface area contributed by atoms with Crippen LogP contribution in [0.5, 0.6) is 0 Å². The third-order valence-electron chi connectivity index (χ3n) is 1.25. The summed E-state index contributed by atoms with van der Waals surface area (Å²) in [5.74, 6) is -5.98. The van der Waals surface area contributed by atoms with E-state index in [0.29, 0.717) is 0 Å². The first-order valence-electron chi connectivity index (χ1n) is 3.84. The van der Waals surface area contributed by atoms with E-state index in [1.54, 1.807) is 0 Å². The minimum atomic E-state index is -5.39. The van der Waals surface area contributed by atoms with Gasteiger partial charge in [0, 0.05) is 24.8 Å². The van der Waals surface area contributed by atoms with E-state index >= 15 is 0 Å². The Kier molecular flexibility index (Phi) is 59.8. The van der Waals surface area contributed by atoms with E-state index in [0.717, 1.165) is 0 Å². The summed E-state index contributed by atoms with van der Waals surface area (Å²) < 4.78 is 8.55. The molecule has 1 N–H and O–H groups in total. The van der Waals surface area contributed by atoms with E-state index in [1.165, 1.54) is 0 Å². The molecule has 18 heteroatoms. The van der Waals surface area contributed by atoms with Crippen molar-refractivity contribution in [2.45, 2.75) is 18.4 Å². The number of aliphatic hydroxyl groups is 1. The number of rotatable bonds is 5. The van der Waals surface area contributed by atoms with Crippen molar-refractivity contribution in [3.05, 3.63) is 0 Å². The van der Waals surface area contributed by atoms with Gasteiger partial charge in [-0.3, -0.25) is 0 Å². The van der Waals surface area contributed by atoms with Crippen LogP contribution in [0.4, 0.5) is 0 Å². The third kappa shape index (κ3) is 42.5. The Morgan fingerprint density at radius 3 is 1.04 bits per heavy atom. The third-order valence-corrected chi connectivity index (χ3v) is 1.25. The molecule has 0 aliphatic heterocycles. The topological polar surface area (TPSA) is 227 Å². The Labute approximate surface area is 331 Å². The van der Waals surface area contributed by atoms with Crippen LogP contribution in [-0.4, -0.2) is 28.6 Å². The van der Waals surface area contributed by atoms with E-state index in [2.05, 4.69) is 0 Å². The molecular weight excluding hydrogens is 465 g/mol. The summed E-state index contributed by atoms with van der Waals surface area (Å²) in [7, 11) is -5.39. The van der Waals surface area contributed by atoms with Crippen molar-refractivity contribution in [3.8, 4) is 0 Å². The van der Waals surface area contributed by atoms with Crippen molar-refractivity contribution in [3.63, 3.8) is 0 Å². The van der Waals surface area contributed by atoms with Crippen LogP contribution in [0.25, 0.3) is 0 Å². The van der Waals surface area contributed by atoms with Crippen molar-refractivity contribution in [1.29, 1.82) is 0 Å². The molecule has 0 heterocycles. The monoisotopic (exact) mass is 470 g/mol. The molecule has 0 unspecified atom stereocenters. The van der Waals surface area contributed by atoms with Crippen LogP contribution in [0.2, 0.25) is 0 Å². The zero-order valence-electron chi connectivity index (χ0n) is 14.4. The minimum absolute atomic E-state index is 0. The van der Waals surface area contributed by atoms with Crippen LogP contribution in [0.15, 0.2) is 0 Å². The van der Waals surface area contributed by atoms with Crippen LogP contribution in [0.1, 0.15) is 12.8 Å². The van der Waals surface area contributed by atoms with Crippen LogP contribution in [-0.2, 0) is 18.9 Å². The molecule has 0 aromatic carbocycles. The first-order chi connectivity index (χ1) is 7.78. The fraction of sp³-hybridized carbons (Fsp3) is 0.500. The number of carbonyl (C=O) groups is 3. The standard InChI is InChI=1S/C6H8O7.3K.3Na.H3O4P/c7-3(8)1-6(13,5(11)12)2-4(9)10;;;;;;;1-5(2,3)4/h13H,1-2H2,(H,7,8)(H,9,10)(H,11,12);;;;;;;(H3,1,2,3,4)/q;6*+1;/p-6. The fourth-order valence-corrected chi connectivity index (χ4v) is 0.684. The molecule has 0 aliphatic carbocycles. The van der Waals surface area contributed by atoms with Gasteiger partial charge in [-0.1, -0.05) is 0 Å². The molecule has 0 saturated carbocycles. The molecule has 106 valence electrons. The Morgan fingerprint density at radius 2 is 0.958 bits per heavy atom. The van der Waals surface area contributed by atoms with E-state index in [4.69, 9.17) is 24.4 Å². The summed E-state index contributed by atoms with van der Waals surface area (Å²) in [6.07, 6.45) is -2.72. The summed E-state index contributed by atoms with van der Waals surface area (Å²) in [6.45, 7) is 0. The van der Waals surface area contributed by atoms with Gasteiger partial charge < -0.3 is 54.1 Å². The number of carboxylic acid groups (broad SMARTS) is 3. The van der Waals surface area contributed by atoms with Gasteiger partial charge in [0.15, 0.2) is 0 Å². The molecule has 0 bridgehead atoms. The molecule has 0 aliphatic rings. The van der Waals surface area contributed by atoms with Crippen LogP contribution < -0.4 is 273 Å².